The summed E-state index contributed by atoms with van der Waals surface area (Å²) in [5.41, 5.74) is 2.08. The van der Waals surface area contributed by atoms with Crippen LogP contribution < -0.4 is 15.0 Å². The van der Waals surface area contributed by atoms with Crippen molar-refractivity contribution < 1.29 is 14.3 Å². The van der Waals surface area contributed by atoms with Crippen LogP contribution in [0.4, 0.5) is 10.5 Å². The molecule has 0 saturated heterocycles. The van der Waals surface area contributed by atoms with Crippen LogP contribution in [0, 0.1) is 5.92 Å². The molecule has 5 heteroatoms. The second-order valence-electron chi connectivity index (χ2n) is 6.44. The van der Waals surface area contributed by atoms with Crippen LogP contribution in [0.5, 0.6) is 5.75 Å². The number of carbonyl (C=O) groups is 2. The van der Waals surface area contributed by atoms with Gasteiger partial charge < -0.3 is 15.0 Å². The minimum atomic E-state index is -0.637. The smallest absolute Gasteiger partial charge is 0.410 e. The van der Waals surface area contributed by atoms with Gasteiger partial charge in [0.05, 0.1) is 0 Å². The van der Waals surface area contributed by atoms with Crippen molar-refractivity contribution in [1.82, 2.24) is 5.32 Å². The molecule has 1 heterocycles. The molecule has 2 aromatic rings. The van der Waals surface area contributed by atoms with Gasteiger partial charge in [0.15, 0.2) is 0 Å². The summed E-state index contributed by atoms with van der Waals surface area (Å²) in [5.74, 6) is 0.287. The molecule has 0 aliphatic carbocycles. The number of amides is 2. The number of hydrogen-bond acceptors (Lipinski definition) is 3. The molecule has 1 aliphatic heterocycles. The van der Waals surface area contributed by atoms with Crippen molar-refractivity contribution in [2.24, 2.45) is 5.92 Å². The van der Waals surface area contributed by atoms with Crippen LogP contribution in [0.15, 0.2) is 54.6 Å². The van der Waals surface area contributed by atoms with Crippen LogP contribution in [0.25, 0.3) is 0 Å². The van der Waals surface area contributed by atoms with Gasteiger partial charge in [-0.05, 0) is 36.1 Å². The third-order valence-electron chi connectivity index (χ3n) is 4.31. The molecule has 5 nitrogen and oxygen atoms in total. The number of rotatable bonds is 4. The average Bonchev–Trinajstić information content (AvgIpc) is 3.04. The number of nitrogens with zero attached hydrogens (tertiary/aromatic N) is 1. The fraction of sp³-hybridized carbons (Fsp3) is 0.300. The largest absolute Gasteiger partial charge is 0.413 e. The molecule has 0 unspecified atom stereocenters. The summed E-state index contributed by atoms with van der Waals surface area (Å²) < 4.78 is 5.26. The lowest BCUT2D eigenvalue weighted by Gasteiger charge is -2.27. The molecule has 0 aromatic heterocycles. The summed E-state index contributed by atoms with van der Waals surface area (Å²) in [6.07, 6.45) is 0.215. The Bertz CT molecular complexity index is 759. The van der Waals surface area contributed by atoms with Gasteiger partial charge in [-0.1, -0.05) is 50.2 Å². The number of nitrogens with one attached hydrogen (secondary N) is 1. The van der Waals surface area contributed by atoms with Crippen molar-refractivity contribution in [3.05, 3.63) is 60.2 Å². The Hall–Kier alpha value is -2.82. The van der Waals surface area contributed by atoms with Gasteiger partial charge in [0.2, 0.25) is 5.91 Å². The van der Waals surface area contributed by atoms with Crippen LogP contribution in [0.2, 0.25) is 0 Å². The van der Waals surface area contributed by atoms with Crippen molar-refractivity contribution in [3.63, 3.8) is 0 Å². The summed E-state index contributed by atoms with van der Waals surface area (Å²) in [6, 6.07) is 16.0. The monoisotopic (exact) mass is 338 g/mol. The molecular weight excluding hydrogens is 316 g/mol. The first-order valence-corrected chi connectivity index (χ1v) is 8.49. The maximum absolute atomic E-state index is 13.0. The highest BCUT2D eigenvalue weighted by atomic mass is 16.6. The number of ether oxygens (including phenoxy) is 1. The summed E-state index contributed by atoms with van der Waals surface area (Å²) in [4.78, 5) is 26.9. The van der Waals surface area contributed by atoms with E-state index < -0.39 is 12.1 Å². The van der Waals surface area contributed by atoms with Gasteiger partial charge in [-0.3, -0.25) is 4.79 Å². The van der Waals surface area contributed by atoms with E-state index in [0.29, 0.717) is 12.3 Å². The van der Waals surface area contributed by atoms with Crippen LogP contribution >= 0.6 is 0 Å². The first kappa shape index (κ1) is 17.0. The van der Waals surface area contributed by atoms with Gasteiger partial charge in [-0.15, -0.1) is 0 Å². The number of fused-ring (bicyclic) bond motifs is 1. The lowest BCUT2D eigenvalue weighted by atomic mass is 10.0. The third kappa shape index (κ3) is 3.82. The van der Waals surface area contributed by atoms with Crippen molar-refractivity contribution in [2.45, 2.75) is 26.3 Å². The summed E-state index contributed by atoms with van der Waals surface area (Å²) in [5, 5.41) is 2.72. The molecule has 2 amide bonds. The summed E-state index contributed by atoms with van der Waals surface area (Å²) in [7, 11) is 0. The Kier molecular flexibility index (Phi) is 5.03. The third-order valence-corrected chi connectivity index (χ3v) is 4.31. The molecule has 130 valence electrons. The standard InChI is InChI=1S/C20H22N2O3/c1-14(2)18(21-20(24)25-16-9-4-3-5-10-16)19(23)22-13-12-15-8-6-7-11-17(15)22/h3-11,14,18H,12-13H2,1-2H3,(H,21,24)/t18-/m1/s1. The minimum absolute atomic E-state index is 0.0522. The fourth-order valence-corrected chi connectivity index (χ4v) is 3.00. The molecule has 0 bridgehead atoms. The summed E-state index contributed by atoms with van der Waals surface area (Å²) >= 11 is 0. The molecule has 0 spiro atoms. The Balaban J connectivity index is 1.71. The molecule has 1 atom stereocenters. The molecule has 1 aliphatic rings. The number of anilines is 1. The fourth-order valence-electron chi connectivity index (χ4n) is 3.00. The maximum atomic E-state index is 13.0. The first-order valence-electron chi connectivity index (χ1n) is 8.49. The van der Waals surface area contributed by atoms with E-state index >= 15 is 0 Å². The van der Waals surface area contributed by atoms with E-state index in [1.807, 2.05) is 44.2 Å². The zero-order valence-corrected chi connectivity index (χ0v) is 14.4. The normalized spacial score (nSPS) is 14.1. The average molecular weight is 338 g/mol. The quantitative estimate of drug-likeness (QED) is 0.930. The molecule has 2 aromatic carbocycles. The molecule has 0 radical (unpaired) electrons. The van der Waals surface area contributed by atoms with E-state index in [0.717, 1.165) is 17.7 Å². The second kappa shape index (κ2) is 7.38. The predicted molar refractivity (Wildman–Crippen MR) is 96.7 cm³/mol. The minimum Gasteiger partial charge on any atom is -0.410 e. The SMILES string of the molecule is CC(C)[C@@H](NC(=O)Oc1ccccc1)C(=O)N1CCc2ccccc21. The van der Waals surface area contributed by atoms with Gasteiger partial charge in [-0.2, -0.15) is 0 Å². The molecule has 3 rings (SSSR count). The van der Waals surface area contributed by atoms with Crippen molar-refractivity contribution >= 4 is 17.7 Å². The predicted octanol–water partition coefficient (Wildman–Crippen LogP) is 3.39. The van der Waals surface area contributed by atoms with E-state index in [2.05, 4.69) is 5.32 Å². The number of para-hydroxylation sites is 2. The van der Waals surface area contributed by atoms with E-state index in [1.54, 1.807) is 29.2 Å². The highest BCUT2D eigenvalue weighted by Crippen LogP contribution is 2.28. The van der Waals surface area contributed by atoms with Crippen molar-refractivity contribution in [2.75, 3.05) is 11.4 Å². The van der Waals surface area contributed by atoms with Gasteiger partial charge >= 0.3 is 6.09 Å². The van der Waals surface area contributed by atoms with Crippen LogP contribution in [0.3, 0.4) is 0 Å². The number of benzene rings is 2. The Morgan fingerprint density at radius 2 is 1.72 bits per heavy atom. The van der Waals surface area contributed by atoms with Gasteiger partial charge in [0.1, 0.15) is 11.8 Å². The van der Waals surface area contributed by atoms with E-state index in [4.69, 9.17) is 4.74 Å². The van der Waals surface area contributed by atoms with Crippen LogP contribution in [-0.2, 0) is 11.2 Å². The van der Waals surface area contributed by atoms with Crippen molar-refractivity contribution in [1.29, 1.82) is 0 Å². The van der Waals surface area contributed by atoms with Gasteiger partial charge in [0, 0.05) is 12.2 Å². The zero-order valence-electron chi connectivity index (χ0n) is 14.4. The lowest BCUT2D eigenvalue weighted by molar-refractivity contribution is -0.121. The van der Waals surface area contributed by atoms with Gasteiger partial charge in [-0.25, -0.2) is 4.79 Å². The molecular formula is C20H22N2O3. The Labute approximate surface area is 147 Å². The van der Waals surface area contributed by atoms with Gasteiger partial charge in [0.25, 0.3) is 0 Å². The van der Waals surface area contributed by atoms with E-state index in [-0.39, 0.29) is 11.8 Å². The molecule has 0 fully saturated rings. The highest BCUT2D eigenvalue weighted by molar-refractivity contribution is 6.00. The maximum Gasteiger partial charge on any atom is 0.413 e. The highest BCUT2D eigenvalue weighted by Gasteiger charge is 2.33. The molecule has 25 heavy (non-hydrogen) atoms. The number of carbonyl (C=O) groups excluding carboxylic acids is 2. The topological polar surface area (TPSA) is 58.6 Å². The Morgan fingerprint density at radius 3 is 2.44 bits per heavy atom. The number of hydrogen-bond donors (Lipinski definition) is 1. The van der Waals surface area contributed by atoms with Crippen molar-refractivity contribution in [3.8, 4) is 5.75 Å². The molecule has 1 N–H and O–H groups in total. The van der Waals surface area contributed by atoms with E-state index in [1.165, 1.54) is 0 Å². The zero-order chi connectivity index (χ0) is 17.8. The summed E-state index contributed by atoms with van der Waals surface area (Å²) in [6.45, 7) is 4.46. The van der Waals surface area contributed by atoms with Crippen LogP contribution in [-0.4, -0.2) is 24.6 Å². The first-order chi connectivity index (χ1) is 12.1. The second-order valence-corrected chi connectivity index (χ2v) is 6.44. The Morgan fingerprint density at radius 1 is 1.04 bits per heavy atom. The van der Waals surface area contributed by atoms with E-state index in [9.17, 15) is 9.59 Å². The lowest BCUT2D eigenvalue weighted by Crippen LogP contribution is -2.51. The molecule has 0 saturated carbocycles. The van der Waals surface area contributed by atoms with Crippen LogP contribution in [0.1, 0.15) is 19.4 Å².